The van der Waals surface area contributed by atoms with E-state index >= 15 is 0 Å². The lowest BCUT2D eigenvalue weighted by Gasteiger charge is -2.35. The van der Waals surface area contributed by atoms with Gasteiger partial charge in [-0.1, -0.05) is 200 Å². The van der Waals surface area contributed by atoms with Gasteiger partial charge < -0.3 is 4.90 Å². The van der Waals surface area contributed by atoms with Crippen molar-refractivity contribution < 1.29 is 0 Å². The van der Waals surface area contributed by atoms with Gasteiger partial charge in [0.15, 0.2) is 0 Å². The maximum absolute atomic E-state index is 2.52. The second kappa shape index (κ2) is 16.9. The third-order valence-electron chi connectivity index (χ3n) is 14.1. The highest BCUT2D eigenvalue weighted by atomic mass is 32.1. The first-order valence-corrected chi connectivity index (χ1v) is 24.5. The van der Waals surface area contributed by atoms with Gasteiger partial charge in [0.2, 0.25) is 0 Å². The summed E-state index contributed by atoms with van der Waals surface area (Å²) in [5, 5.41) is 2.51. The van der Waals surface area contributed by atoms with Crippen LogP contribution in [-0.4, -0.2) is 0 Å². The molecule has 0 N–H and O–H groups in total. The Morgan fingerprint density at radius 1 is 0.261 bits per heavy atom. The molecule has 0 fully saturated rings. The molecule has 0 aliphatic heterocycles. The van der Waals surface area contributed by atoms with Crippen molar-refractivity contribution >= 4 is 48.6 Å². The Hall–Kier alpha value is -8.56. The monoisotopic (exact) mass is 895 g/mol. The molecule has 1 heterocycles. The van der Waals surface area contributed by atoms with Gasteiger partial charge in [-0.2, -0.15) is 0 Å². The lowest BCUT2D eigenvalue weighted by atomic mass is 9.66. The van der Waals surface area contributed by atoms with E-state index in [2.05, 4.69) is 278 Å². The minimum Gasteiger partial charge on any atom is -0.310 e. The molecule has 12 aromatic rings. The van der Waals surface area contributed by atoms with Gasteiger partial charge in [-0.15, -0.1) is 11.3 Å². The van der Waals surface area contributed by atoms with Crippen LogP contribution in [0.5, 0.6) is 0 Å². The number of hydrogen-bond acceptors (Lipinski definition) is 2. The Kier molecular flexibility index (Phi) is 10.00. The molecular weight excluding hydrogens is 851 g/mol. The van der Waals surface area contributed by atoms with Crippen LogP contribution >= 0.6 is 11.3 Å². The maximum atomic E-state index is 2.52. The van der Waals surface area contributed by atoms with Gasteiger partial charge in [0.25, 0.3) is 0 Å². The number of anilines is 3. The lowest BCUT2D eigenvalue weighted by Crippen LogP contribution is -2.28. The zero-order valence-corrected chi connectivity index (χ0v) is 38.7. The van der Waals surface area contributed by atoms with Gasteiger partial charge in [-0.3, -0.25) is 0 Å². The molecule has 1 aliphatic rings. The van der Waals surface area contributed by atoms with E-state index in [9.17, 15) is 0 Å². The zero-order valence-electron chi connectivity index (χ0n) is 37.8. The quantitative estimate of drug-likeness (QED) is 0.140. The average molecular weight is 896 g/mol. The van der Waals surface area contributed by atoms with Crippen molar-refractivity contribution in [2.75, 3.05) is 4.90 Å². The Morgan fingerprint density at radius 2 is 0.696 bits per heavy atom. The molecule has 2 heteroatoms. The Bertz CT molecular complexity index is 3710. The predicted molar refractivity (Wildman–Crippen MR) is 293 cm³/mol. The molecule has 0 saturated carbocycles. The second-order valence-corrected chi connectivity index (χ2v) is 19.1. The minimum atomic E-state index is -0.605. The summed E-state index contributed by atoms with van der Waals surface area (Å²) in [6, 6.07) is 101. The van der Waals surface area contributed by atoms with Gasteiger partial charge in [0, 0.05) is 37.2 Å². The zero-order chi connectivity index (χ0) is 45.7. The molecule has 0 bridgehead atoms. The topological polar surface area (TPSA) is 3.24 Å². The Balaban J connectivity index is 1.03. The number of thiophene rings is 1. The van der Waals surface area contributed by atoms with E-state index in [1.54, 1.807) is 0 Å². The van der Waals surface area contributed by atoms with Gasteiger partial charge >= 0.3 is 0 Å². The molecule has 69 heavy (non-hydrogen) atoms. The van der Waals surface area contributed by atoms with E-state index in [0.29, 0.717) is 0 Å². The molecule has 0 atom stereocenters. The number of fused-ring (bicyclic) bond motifs is 6. The van der Waals surface area contributed by atoms with E-state index < -0.39 is 5.41 Å². The van der Waals surface area contributed by atoms with E-state index in [1.165, 1.54) is 98.1 Å². The average Bonchev–Trinajstić information content (AvgIpc) is 3.95. The third-order valence-corrected chi connectivity index (χ3v) is 15.3. The Morgan fingerprint density at radius 3 is 1.28 bits per heavy atom. The van der Waals surface area contributed by atoms with Crippen molar-refractivity contribution in [3.8, 4) is 55.6 Å². The molecule has 13 rings (SSSR count). The summed E-state index contributed by atoms with van der Waals surface area (Å²) in [7, 11) is 0. The number of rotatable bonds is 9. The predicted octanol–water partition coefficient (Wildman–Crippen LogP) is 18.6. The first-order chi connectivity index (χ1) is 34.2. The minimum absolute atomic E-state index is 0.605. The van der Waals surface area contributed by atoms with Crippen LogP contribution in [0.15, 0.2) is 273 Å². The van der Waals surface area contributed by atoms with Crippen LogP contribution in [0.1, 0.15) is 22.3 Å². The fraction of sp³-hybridized carbons (Fsp3) is 0.0149. The summed E-state index contributed by atoms with van der Waals surface area (Å²) in [5.41, 5.74) is 20.0. The van der Waals surface area contributed by atoms with Gasteiger partial charge in [0.05, 0.1) is 5.41 Å². The van der Waals surface area contributed by atoms with Crippen molar-refractivity contribution in [1.82, 2.24) is 0 Å². The van der Waals surface area contributed by atoms with Gasteiger partial charge in [-0.25, -0.2) is 0 Å². The fourth-order valence-electron chi connectivity index (χ4n) is 10.9. The summed E-state index contributed by atoms with van der Waals surface area (Å²) in [6.45, 7) is 0. The van der Waals surface area contributed by atoms with Crippen LogP contribution in [0.2, 0.25) is 0 Å². The molecule has 0 radical (unpaired) electrons. The highest BCUT2D eigenvalue weighted by molar-refractivity contribution is 7.25. The standard InChI is InChI=1S/C67H45NS/c1-5-18-46(19-6-1)50-32-35-56(36-33-50)68(57-27-17-26-51(43-57)47-20-7-2-8-21-47)58-37-39-66-62(45-58)61-44-54(34-38-65(61)69-66)67(63-30-15-13-28-59(63)60-29-14-16-31-64(60)67)55-41-52(48-22-9-3-10-23-48)40-53(42-55)49-24-11-4-12-25-49/h1-45H. The summed E-state index contributed by atoms with van der Waals surface area (Å²) >= 11 is 1.87. The smallest absolute Gasteiger partial charge is 0.0714 e. The van der Waals surface area contributed by atoms with Crippen LogP contribution in [0.3, 0.4) is 0 Å². The first-order valence-electron chi connectivity index (χ1n) is 23.7. The van der Waals surface area contributed by atoms with Crippen molar-refractivity contribution in [3.05, 3.63) is 295 Å². The normalized spacial score (nSPS) is 12.5. The highest BCUT2D eigenvalue weighted by Crippen LogP contribution is 2.57. The molecule has 324 valence electrons. The summed E-state index contributed by atoms with van der Waals surface area (Å²) < 4.78 is 2.54. The molecule has 1 aliphatic carbocycles. The Labute approximate surface area is 407 Å². The van der Waals surface area contributed by atoms with Crippen LogP contribution in [0.4, 0.5) is 17.1 Å². The molecule has 11 aromatic carbocycles. The fourth-order valence-corrected chi connectivity index (χ4v) is 12.0. The summed E-state index contributed by atoms with van der Waals surface area (Å²) in [4.78, 5) is 2.42. The van der Waals surface area contributed by atoms with E-state index in [0.717, 1.165) is 17.1 Å². The van der Waals surface area contributed by atoms with Crippen LogP contribution in [-0.2, 0) is 5.41 Å². The molecule has 0 unspecified atom stereocenters. The lowest BCUT2D eigenvalue weighted by molar-refractivity contribution is 0.771. The molecule has 0 amide bonds. The van der Waals surface area contributed by atoms with E-state index in [4.69, 9.17) is 0 Å². The second-order valence-electron chi connectivity index (χ2n) is 18.0. The SMILES string of the molecule is c1ccc(-c2ccc(N(c3cccc(-c4ccccc4)c3)c3ccc4sc5ccc(C6(c7cc(-c8ccccc8)cc(-c8ccccc8)c7)c7ccccc7-c7ccccc76)cc5c4c3)cc2)cc1. The number of hydrogen-bond donors (Lipinski definition) is 0. The highest BCUT2D eigenvalue weighted by Gasteiger charge is 2.46. The van der Waals surface area contributed by atoms with Crippen molar-refractivity contribution in [2.45, 2.75) is 5.41 Å². The number of benzene rings is 11. The molecule has 0 saturated heterocycles. The molecule has 0 spiro atoms. The first kappa shape index (κ1) is 40.7. The van der Waals surface area contributed by atoms with E-state index in [-0.39, 0.29) is 0 Å². The van der Waals surface area contributed by atoms with Crippen molar-refractivity contribution in [2.24, 2.45) is 0 Å². The molecular formula is C67H45NS. The summed E-state index contributed by atoms with van der Waals surface area (Å²) in [6.07, 6.45) is 0. The van der Waals surface area contributed by atoms with Crippen LogP contribution in [0, 0.1) is 0 Å². The van der Waals surface area contributed by atoms with E-state index in [1.807, 2.05) is 11.3 Å². The summed E-state index contributed by atoms with van der Waals surface area (Å²) in [5.74, 6) is 0. The van der Waals surface area contributed by atoms with Gasteiger partial charge in [0.1, 0.15) is 0 Å². The van der Waals surface area contributed by atoms with Gasteiger partial charge in [-0.05, 0) is 151 Å². The molecule has 1 aromatic heterocycles. The molecule has 1 nitrogen and oxygen atoms in total. The maximum Gasteiger partial charge on any atom is 0.0714 e. The van der Waals surface area contributed by atoms with Crippen LogP contribution in [0.25, 0.3) is 75.8 Å². The number of nitrogens with zero attached hydrogens (tertiary/aromatic N) is 1. The van der Waals surface area contributed by atoms with Crippen LogP contribution < -0.4 is 4.90 Å². The largest absolute Gasteiger partial charge is 0.310 e. The van der Waals surface area contributed by atoms with Crippen molar-refractivity contribution in [3.63, 3.8) is 0 Å². The third kappa shape index (κ3) is 7.00. The van der Waals surface area contributed by atoms with Crippen molar-refractivity contribution in [1.29, 1.82) is 0 Å².